The van der Waals surface area contributed by atoms with E-state index in [4.69, 9.17) is 16.6 Å². The number of nitrogens with one attached hydrogen (secondary N) is 1. The number of aromatic nitrogens is 4. The molecule has 0 aliphatic carbocycles. The van der Waals surface area contributed by atoms with Gasteiger partial charge in [-0.05, 0) is 63.1 Å². The van der Waals surface area contributed by atoms with Crippen LogP contribution in [0.15, 0.2) is 41.3 Å². The number of halogens is 1. The fraction of sp³-hybridized carbons (Fsp3) is 0.240. The van der Waals surface area contributed by atoms with Crippen LogP contribution in [0.25, 0.3) is 22.3 Å². The lowest BCUT2D eigenvalue weighted by Gasteiger charge is -2.20. The van der Waals surface area contributed by atoms with Crippen molar-refractivity contribution < 1.29 is 9.90 Å². The van der Waals surface area contributed by atoms with Crippen LogP contribution >= 0.6 is 11.6 Å². The fourth-order valence-corrected chi connectivity index (χ4v) is 4.23. The average Bonchev–Trinajstić information content (AvgIpc) is 2.77. The van der Waals surface area contributed by atoms with Crippen LogP contribution in [0.4, 0.5) is 5.69 Å². The zero-order valence-electron chi connectivity index (χ0n) is 19.5. The highest BCUT2D eigenvalue weighted by molar-refractivity contribution is 6.29. The van der Waals surface area contributed by atoms with Gasteiger partial charge in [-0.15, -0.1) is 0 Å². The summed E-state index contributed by atoms with van der Waals surface area (Å²) in [5, 5.41) is 13.3. The summed E-state index contributed by atoms with van der Waals surface area (Å²) in [5.74, 6) is -0.679. The standard InChI is InChI=1S/C25H24ClN5O3/c1-12-8-16(15(4)28-19-6-7-20(26)29-22(19)25(33)34)21-17(9-12)24(32)31(5)23(30-21)18-11-27-14(3)10-13(18)2/h6-11,15,28H,1-5H3,(H,33,34). The van der Waals surface area contributed by atoms with Crippen molar-refractivity contribution in [3.05, 3.63) is 80.1 Å². The van der Waals surface area contributed by atoms with Gasteiger partial charge in [-0.1, -0.05) is 17.7 Å². The van der Waals surface area contributed by atoms with Gasteiger partial charge in [0.2, 0.25) is 0 Å². The van der Waals surface area contributed by atoms with E-state index in [9.17, 15) is 14.7 Å². The van der Waals surface area contributed by atoms with Crippen LogP contribution in [0.1, 0.15) is 45.8 Å². The van der Waals surface area contributed by atoms with Crippen LogP contribution in [0, 0.1) is 20.8 Å². The number of hydrogen-bond acceptors (Lipinski definition) is 6. The monoisotopic (exact) mass is 477 g/mol. The second kappa shape index (κ2) is 8.87. The van der Waals surface area contributed by atoms with Gasteiger partial charge >= 0.3 is 5.97 Å². The molecule has 0 radical (unpaired) electrons. The Kier molecular flexibility index (Phi) is 6.10. The van der Waals surface area contributed by atoms with Crippen LogP contribution in [-0.2, 0) is 7.05 Å². The van der Waals surface area contributed by atoms with E-state index >= 15 is 0 Å². The minimum atomic E-state index is -1.19. The number of carbonyl (C=O) groups is 1. The topological polar surface area (TPSA) is 110 Å². The number of aryl methyl sites for hydroxylation is 3. The summed E-state index contributed by atoms with van der Waals surface area (Å²) in [6.45, 7) is 7.66. The van der Waals surface area contributed by atoms with Crippen LogP contribution in [0.3, 0.4) is 0 Å². The number of carboxylic acid groups (broad SMARTS) is 1. The van der Waals surface area contributed by atoms with Crippen LogP contribution in [-0.4, -0.2) is 30.6 Å². The fourth-order valence-electron chi connectivity index (χ4n) is 4.08. The molecule has 0 aliphatic heterocycles. The third kappa shape index (κ3) is 4.24. The van der Waals surface area contributed by atoms with Gasteiger partial charge in [0.05, 0.1) is 22.6 Å². The zero-order valence-corrected chi connectivity index (χ0v) is 20.2. The molecule has 0 saturated heterocycles. The number of pyridine rings is 2. The third-order valence-corrected chi connectivity index (χ3v) is 5.96. The Labute approximate surface area is 201 Å². The third-order valence-electron chi connectivity index (χ3n) is 5.74. The first-order chi connectivity index (χ1) is 16.1. The number of aromatic carboxylic acids is 1. The normalized spacial score (nSPS) is 12.1. The summed E-state index contributed by atoms with van der Waals surface area (Å²) in [6, 6.07) is 8.43. The van der Waals surface area contributed by atoms with Crippen LogP contribution in [0.5, 0.6) is 0 Å². The molecule has 1 aromatic carbocycles. The van der Waals surface area contributed by atoms with Gasteiger partial charge in [-0.25, -0.2) is 14.8 Å². The van der Waals surface area contributed by atoms with E-state index in [0.29, 0.717) is 22.4 Å². The van der Waals surface area contributed by atoms with E-state index in [1.54, 1.807) is 19.3 Å². The van der Waals surface area contributed by atoms with E-state index in [-0.39, 0.29) is 22.4 Å². The molecule has 1 atom stereocenters. The number of anilines is 1. The van der Waals surface area contributed by atoms with Gasteiger partial charge in [0.25, 0.3) is 5.56 Å². The minimum absolute atomic E-state index is 0.0912. The van der Waals surface area contributed by atoms with Crippen molar-refractivity contribution in [3.63, 3.8) is 0 Å². The molecule has 8 nitrogen and oxygen atoms in total. The lowest BCUT2D eigenvalue weighted by Crippen LogP contribution is -2.22. The van der Waals surface area contributed by atoms with E-state index in [2.05, 4.69) is 15.3 Å². The van der Waals surface area contributed by atoms with Gasteiger partial charge in [-0.3, -0.25) is 14.3 Å². The maximum atomic E-state index is 13.3. The predicted molar refractivity (Wildman–Crippen MR) is 133 cm³/mol. The number of carboxylic acids is 1. The lowest BCUT2D eigenvalue weighted by molar-refractivity contribution is 0.0691. The quantitative estimate of drug-likeness (QED) is 0.395. The first-order valence-electron chi connectivity index (χ1n) is 10.7. The van der Waals surface area contributed by atoms with Gasteiger partial charge in [0.15, 0.2) is 5.69 Å². The van der Waals surface area contributed by atoms with Crippen molar-refractivity contribution in [2.45, 2.75) is 33.7 Å². The van der Waals surface area contributed by atoms with Crippen molar-refractivity contribution in [3.8, 4) is 11.4 Å². The molecule has 0 saturated carbocycles. The number of hydrogen-bond donors (Lipinski definition) is 2. The molecule has 3 aromatic heterocycles. The van der Waals surface area contributed by atoms with Crippen LogP contribution in [0.2, 0.25) is 5.15 Å². The zero-order chi connectivity index (χ0) is 24.7. The second-order valence-electron chi connectivity index (χ2n) is 8.39. The first kappa shape index (κ1) is 23.4. The molecule has 9 heteroatoms. The number of nitrogens with zero attached hydrogens (tertiary/aromatic N) is 4. The SMILES string of the molecule is Cc1cc(C(C)Nc2ccc(Cl)nc2C(=O)O)c2nc(-c3cnc(C)cc3C)n(C)c(=O)c2c1. The highest BCUT2D eigenvalue weighted by Crippen LogP contribution is 2.30. The highest BCUT2D eigenvalue weighted by atomic mass is 35.5. The molecule has 0 spiro atoms. The summed E-state index contributed by atoms with van der Waals surface area (Å²) in [7, 11) is 1.70. The van der Waals surface area contributed by atoms with Crippen LogP contribution < -0.4 is 10.9 Å². The molecular formula is C25H24ClN5O3. The molecule has 3 heterocycles. The van der Waals surface area contributed by atoms with E-state index in [0.717, 1.165) is 27.9 Å². The number of benzene rings is 1. The van der Waals surface area contributed by atoms with Gasteiger partial charge < -0.3 is 10.4 Å². The first-order valence-corrected chi connectivity index (χ1v) is 11.1. The molecule has 0 amide bonds. The van der Waals surface area contributed by atoms with E-state index in [1.807, 2.05) is 45.9 Å². The lowest BCUT2D eigenvalue weighted by atomic mass is 10.0. The maximum Gasteiger partial charge on any atom is 0.356 e. The summed E-state index contributed by atoms with van der Waals surface area (Å²) in [5.41, 5.74) is 4.79. The van der Waals surface area contributed by atoms with Crippen molar-refractivity contribution >= 4 is 34.2 Å². The molecule has 174 valence electrons. The summed E-state index contributed by atoms with van der Waals surface area (Å²) in [4.78, 5) is 38.2. The molecule has 4 aromatic rings. The maximum absolute atomic E-state index is 13.3. The van der Waals surface area contributed by atoms with E-state index in [1.165, 1.54) is 10.6 Å². The highest BCUT2D eigenvalue weighted by Gasteiger charge is 2.20. The van der Waals surface area contributed by atoms with Crippen molar-refractivity contribution in [1.29, 1.82) is 0 Å². The number of rotatable bonds is 5. The average molecular weight is 478 g/mol. The smallest absolute Gasteiger partial charge is 0.356 e. The molecule has 1 unspecified atom stereocenters. The Morgan fingerprint density at radius 3 is 2.56 bits per heavy atom. The molecule has 2 N–H and O–H groups in total. The van der Waals surface area contributed by atoms with E-state index < -0.39 is 5.97 Å². The minimum Gasteiger partial charge on any atom is -0.476 e. The molecule has 34 heavy (non-hydrogen) atoms. The van der Waals surface area contributed by atoms with Gasteiger partial charge in [0, 0.05) is 30.1 Å². The largest absolute Gasteiger partial charge is 0.476 e. The predicted octanol–water partition coefficient (Wildman–Crippen LogP) is 4.84. The Hall–Kier alpha value is -3.78. The van der Waals surface area contributed by atoms with Gasteiger partial charge in [0.1, 0.15) is 11.0 Å². The van der Waals surface area contributed by atoms with Crippen molar-refractivity contribution in [2.75, 3.05) is 5.32 Å². The second-order valence-corrected chi connectivity index (χ2v) is 8.78. The molecule has 0 bridgehead atoms. The number of fused-ring (bicyclic) bond motifs is 1. The van der Waals surface area contributed by atoms with Gasteiger partial charge in [-0.2, -0.15) is 0 Å². The summed E-state index contributed by atoms with van der Waals surface area (Å²) < 4.78 is 1.54. The molecular weight excluding hydrogens is 454 g/mol. The van der Waals surface area contributed by atoms with Crippen molar-refractivity contribution in [1.82, 2.24) is 19.5 Å². The Bertz CT molecular complexity index is 1510. The Morgan fingerprint density at radius 2 is 1.88 bits per heavy atom. The Morgan fingerprint density at radius 1 is 1.15 bits per heavy atom. The summed E-state index contributed by atoms with van der Waals surface area (Å²) in [6.07, 6.45) is 1.73. The van der Waals surface area contributed by atoms with Crippen molar-refractivity contribution in [2.24, 2.45) is 7.05 Å². The summed E-state index contributed by atoms with van der Waals surface area (Å²) >= 11 is 5.89. The molecule has 0 aliphatic rings. The molecule has 4 rings (SSSR count). The Balaban J connectivity index is 1.91. The molecule has 0 fully saturated rings.